The lowest BCUT2D eigenvalue weighted by Crippen LogP contribution is -2.12. The van der Waals surface area contributed by atoms with Gasteiger partial charge in [0.05, 0.1) is 10.0 Å². The molecule has 1 amide bonds. The number of amides is 1. The number of phenols is 1. The number of hydrogen-bond donors (Lipinski definition) is 3. The van der Waals surface area contributed by atoms with Gasteiger partial charge in [0.2, 0.25) is 0 Å². The Labute approximate surface area is 130 Å². The van der Waals surface area contributed by atoms with Crippen molar-refractivity contribution in [2.75, 3.05) is 5.32 Å². The fraction of sp³-hybridized carbons (Fsp3) is 0. The van der Waals surface area contributed by atoms with Crippen LogP contribution < -0.4 is 5.32 Å². The number of nitrogens with one attached hydrogen (secondary N) is 2. The second kappa shape index (κ2) is 5.31. The number of aromatic amines is 1. The van der Waals surface area contributed by atoms with Crippen LogP contribution in [0, 0.1) is 0 Å². The Morgan fingerprint density at radius 1 is 1.14 bits per heavy atom. The number of benzene rings is 2. The molecule has 1 aromatic heterocycles. The van der Waals surface area contributed by atoms with Gasteiger partial charge in [0.25, 0.3) is 5.91 Å². The van der Waals surface area contributed by atoms with E-state index in [-0.39, 0.29) is 21.7 Å². The van der Waals surface area contributed by atoms with Crippen molar-refractivity contribution >= 4 is 45.7 Å². The predicted octanol–water partition coefficient (Wildman–Crippen LogP) is 4.43. The lowest BCUT2D eigenvalue weighted by Gasteiger charge is -2.08. The van der Waals surface area contributed by atoms with E-state index in [1.165, 1.54) is 12.1 Å². The van der Waals surface area contributed by atoms with Crippen molar-refractivity contribution < 1.29 is 9.90 Å². The standard InChI is InChI=1S/C15H10Cl2N2O2/c16-11-6-8(7-12(17)14(11)20)19-15(21)10-2-1-3-13-9(10)4-5-18-13/h1-7,18,20H,(H,19,21). The van der Waals surface area contributed by atoms with Crippen molar-refractivity contribution in [1.29, 1.82) is 0 Å². The highest BCUT2D eigenvalue weighted by Gasteiger charge is 2.13. The first kappa shape index (κ1) is 13.8. The topological polar surface area (TPSA) is 65.1 Å². The predicted molar refractivity (Wildman–Crippen MR) is 84.4 cm³/mol. The van der Waals surface area contributed by atoms with Crippen LogP contribution in [0.3, 0.4) is 0 Å². The maximum atomic E-state index is 12.4. The van der Waals surface area contributed by atoms with Crippen LogP contribution in [0.4, 0.5) is 5.69 Å². The Morgan fingerprint density at radius 3 is 2.57 bits per heavy atom. The maximum absolute atomic E-state index is 12.4. The molecule has 2 aromatic carbocycles. The number of carbonyl (C=O) groups excluding carboxylic acids is 1. The van der Waals surface area contributed by atoms with Crippen LogP contribution in [0.1, 0.15) is 10.4 Å². The van der Waals surface area contributed by atoms with Crippen LogP contribution in [0.2, 0.25) is 10.0 Å². The molecular formula is C15H10Cl2N2O2. The summed E-state index contributed by atoms with van der Waals surface area (Å²) in [6, 6.07) is 10.1. The third-order valence-electron chi connectivity index (χ3n) is 3.11. The van der Waals surface area contributed by atoms with Crippen molar-refractivity contribution in [1.82, 2.24) is 4.98 Å². The van der Waals surface area contributed by atoms with Gasteiger partial charge in [-0.1, -0.05) is 29.3 Å². The van der Waals surface area contributed by atoms with Gasteiger partial charge in [-0.25, -0.2) is 0 Å². The Morgan fingerprint density at radius 2 is 1.86 bits per heavy atom. The van der Waals surface area contributed by atoms with Crippen LogP contribution in [-0.4, -0.2) is 16.0 Å². The summed E-state index contributed by atoms with van der Waals surface area (Å²) in [5.41, 5.74) is 1.83. The lowest BCUT2D eigenvalue weighted by atomic mass is 10.1. The van der Waals surface area contributed by atoms with E-state index >= 15 is 0 Å². The molecule has 0 atom stereocenters. The smallest absolute Gasteiger partial charge is 0.256 e. The zero-order valence-electron chi connectivity index (χ0n) is 10.7. The summed E-state index contributed by atoms with van der Waals surface area (Å²) in [4.78, 5) is 15.4. The van der Waals surface area contributed by atoms with Crippen LogP contribution in [0.5, 0.6) is 5.75 Å². The monoisotopic (exact) mass is 320 g/mol. The van der Waals surface area contributed by atoms with Crippen LogP contribution in [0.25, 0.3) is 10.9 Å². The molecule has 3 rings (SSSR count). The maximum Gasteiger partial charge on any atom is 0.256 e. The summed E-state index contributed by atoms with van der Waals surface area (Å²) >= 11 is 11.7. The Bertz CT molecular complexity index is 820. The summed E-state index contributed by atoms with van der Waals surface area (Å²) in [5, 5.41) is 13.2. The molecule has 0 fully saturated rings. The summed E-state index contributed by atoms with van der Waals surface area (Å²) in [5.74, 6) is -0.484. The largest absolute Gasteiger partial charge is 0.505 e. The molecule has 4 nitrogen and oxygen atoms in total. The van der Waals surface area contributed by atoms with Gasteiger partial charge in [-0.3, -0.25) is 4.79 Å². The fourth-order valence-electron chi connectivity index (χ4n) is 2.12. The van der Waals surface area contributed by atoms with Gasteiger partial charge in [-0.15, -0.1) is 0 Å². The zero-order valence-corrected chi connectivity index (χ0v) is 12.2. The number of halogens is 2. The number of H-pyrrole nitrogens is 1. The Hall–Kier alpha value is -2.17. The van der Waals surface area contributed by atoms with Crippen molar-refractivity contribution in [3.8, 4) is 5.75 Å². The molecule has 0 spiro atoms. The van der Waals surface area contributed by atoms with E-state index in [0.717, 1.165) is 10.9 Å². The van der Waals surface area contributed by atoms with Crippen molar-refractivity contribution in [2.24, 2.45) is 0 Å². The van der Waals surface area contributed by atoms with Crippen LogP contribution in [-0.2, 0) is 0 Å². The summed E-state index contributed by atoms with van der Waals surface area (Å²) in [6.07, 6.45) is 1.77. The molecule has 0 saturated heterocycles. The molecule has 0 aliphatic rings. The summed E-state index contributed by atoms with van der Waals surface area (Å²) in [6.45, 7) is 0. The summed E-state index contributed by atoms with van der Waals surface area (Å²) < 4.78 is 0. The SMILES string of the molecule is O=C(Nc1cc(Cl)c(O)c(Cl)c1)c1cccc2[nH]ccc12. The normalized spacial score (nSPS) is 10.8. The Balaban J connectivity index is 1.95. The van der Waals surface area contributed by atoms with Crippen LogP contribution in [0.15, 0.2) is 42.6 Å². The second-order valence-electron chi connectivity index (χ2n) is 4.49. The van der Waals surface area contributed by atoms with Gasteiger partial charge < -0.3 is 15.4 Å². The minimum absolute atomic E-state index is 0.0812. The molecule has 0 aliphatic carbocycles. The molecule has 0 saturated carbocycles. The van der Waals surface area contributed by atoms with Crippen molar-refractivity contribution in [3.63, 3.8) is 0 Å². The van der Waals surface area contributed by atoms with E-state index in [9.17, 15) is 9.90 Å². The van der Waals surface area contributed by atoms with E-state index < -0.39 is 0 Å². The highest BCUT2D eigenvalue weighted by atomic mass is 35.5. The molecule has 21 heavy (non-hydrogen) atoms. The summed E-state index contributed by atoms with van der Waals surface area (Å²) in [7, 11) is 0. The molecule has 0 radical (unpaired) electrons. The zero-order chi connectivity index (χ0) is 15.0. The first-order valence-corrected chi connectivity index (χ1v) is 6.87. The van der Waals surface area contributed by atoms with Crippen molar-refractivity contribution in [3.05, 3.63) is 58.2 Å². The van der Waals surface area contributed by atoms with E-state index in [4.69, 9.17) is 23.2 Å². The molecule has 0 aliphatic heterocycles. The molecule has 0 unspecified atom stereocenters. The number of phenolic OH excluding ortho intramolecular Hbond substituents is 1. The Kier molecular flexibility index (Phi) is 3.49. The van der Waals surface area contributed by atoms with Gasteiger partial charge in [-0.05, 0) is 30.3 Å². The highest BCUT2D eigenvalue weighted by Crippen LogP contribution is 2.34. The van der Waals surface area contributed by atoms with Crippen molar-refractivity contribution in [2.45, 2.75) is 0 Å². The minimum atomic E-state index is -0.280. The molecule has 3 aromatic rings. The second-order valence-corrected chi connectivity index (χ2v) is 5.30. The first-order valence-electron chi connectivity index (χ1n) is 6.12. The van der Waals surface area contributed by atoms with E-state index in [1.807, 2.05) is 12.1 Å². The number of rotatable bonds is 2. The molecule has 1 heterocycles. The molecule has 6 heteroatoms. The molecule has 0 bridgehead atoms. The number of aromatic hydroxyl groups is 1. The number of carbonyl (C=O) groups is 1. The lowest BCUT2D eigenvalue weighted by molar-refractivity contribution is 0.102. The van der Waals surface area contributed by atoms with E-state index in [2.05, 4.69) is 10.3 Å². The molecule has 3 N–H and O–H groups in total. The van der Waals surface area contributed by atoms with Crippen LogP contribution >= 0.6 is 23.2 Å². The average molecular weight is 321 g/mol. The highest BCUT2D eigenvalue weighted by molar-refractivity contribution is 6.37. The number of anilines is 1. The van der Waals surface area contributed by atoms with E-state index in [0.29, 0.717) is 11.3 Å². The van der Waals surface area contributed by atoms with Gasteiger partial charge >= 0.3 is 0 Å². The fourth-order valence-corrected chi connectivity index (χ4v) is 2.61. The molecule has 106 valence electrons. The van der Waals surface area contributed by atoms with Gasteiger partial charge in [0.1, 0.15) is 0 Å². The van der Waals surface area contributed by atoms with Gasteiger partial charge in [0.15, 0.2) is 5.75 Å². The third kappa shape index (κ3) is 2.55. The molecular weight excluding hydrogens is 311 g/mol. The first-order chi connectivity index (χ1) is 10.1. The third-order valence-corrected chi connectivity index (χ3v) is 3.69. The number of hydrogen-bond acceptors (Lipinski definition) is 2. The quantitative estimate of drug-likeness (QED) is 0.611. The number of aromatic nitrogens is 1. The van der Waals surface area contributed by atoms with E-state index in [1.54, 1.807) is 18.3 Å². The average Bonchev–Trinajstić information content (AvgIpc) is 2.92. The minimum Gasteiger partial charge on any atom is -0.505 e. The number of fused-ring (bicyclic) bond motifs is 1. The van der Waals surface area contributed by atoms with Gasteiger partial charge in [0, 0.05) is 28.4 Å². The van der Waals surface area contributed by atoms with Gasteiger partial charge in [-0.2, -0.15) is 0 Å².